The van der Waals surface area contributed by atoms with Crippen LogP contribution in [0.3, 0.4) is 0 Å². The van der Waals surface area contributed by atoms with E-state index in [-0.39, 0.29) is 0 Å². The number of hydrogen-bond donors (Lipinski definition) is 0. The highest BCUT2D eigenvalue weighted by Crippen LogP contribution is 2.38. The van der Waals surface area contributed by atoms with Gasteiger partial charge in [-0.25, -0.2) is 0 Å². The second-order valence-electron chi connectivity index (χ2n) is 5.23. The van der Waals surface area contributed by atoms with Crippen LogP contribution in [-0.4, -0.2) is 6.29 Å². The van der Waals surface area contributed by atoms with Crippen LogP contribution in [0.4, 0.5) is 0 Å². The summed E-state index contributed by atoms with van der Waals surface area (Å²) < 4.78 is 0. The van der Waals surface area contributed by atoms with Gasteiger partial charge in [-0.15, -0.1) is 22.7 Å². The van der Waals surface area contributed by atoms with Crippen LogP contribution in [-0.2, 0) is 12.8 Å². The van der Waals surface area contributed by atoms with E-state index in [0.717, 1.165) is 24.0 Å². The van der Waals surface area contributed by atoms with Gasteiger partial charge in [0.2, 0.25) is 0 Å². The third kappa shape index (κ3) is 3.06. The predicted molar refractivity (Wildman–Crippen MR) is 97.2 cm³/mol. The Morgan fingerprint density at radius 2 is 1.41 bits per heavy atom. The third-order valence-corrected chi connectivity index (χ3v) is 6.09. The maximum absolute atomic E-state index is 10.8. The molecule has 0 amide bonds. The summed E-state index contributed by atoms with van der Waals surface area (Å²) in [6.07, 6.45) is 3.04. The van der Waals surface area contributed by atoms with E-state index in [1.807, 2.05) is 12.1 Å². The average Bonchev–Trinajstić information content (AvgIpc) is 3.22. The molecule has 0 saturated heterocycles. The molecule has 2 heterocycles. The molecule has 0 spiro atoms. The van der Waals surface area contributed by atoms with Gasteiger partial charge in [-0.05, 0) is 53.8 Å². The van der Waals surface area contributed by atoms with Crippen LogP contribution in [0, 0.1) is 0 Å². The summed E-state index contributed by atoms with van der Waals surface area (Å²) in [5.41, 5.74) is 4.09. The lowest BCUT2D eigenvalue weighted by atomic mass is 10.0. The Morgan fingerprint density at radius 3 is 2.00 bits per heavy atom. The van der Waals surface area contributed by atoms with E-state index in [9.17, 15) is 4.79 Å². The van der Waals surface area contributed by atoms with Crippen LogP contribution in [0.2, 0.25) is 0 Å². The van der Waals surface area contributed by atoms with Crippen LogP contribution < -0.4 is 0 Å². The number of aldehydes is 1. The Hall–Kier alpha value is -1.71. The summed E-state index contributed by atoms with van der Waals surface area (Å²) in [6.45, 7) is 4.40. The van der Waals surface area contributed by atoms with Gasteiger partial charge in [0.15, 0.2) is 6.29 Å². The summed E-state index contributed by atoms with van der Waals surface area (Å²) in [5.74, 6) is 0. The van der Waals surface area contributed by atoms with Gasteiger partial charge < -0.3 is 0 Å². The highest BCUT2D eigenvalue weighted by atomic mass is 32.1. The summed E-state index contributed by atoms with van der Waals surface area (Å²) in [5, 5.41) is 0. The minimum atomic E-state index is 0.784. The largest absolute Gasteiger partial charge is 0.297 e. The predicted octanol–water partition coefficient (Wildman–Crippen LogP) is 6.08. The monoisotopic (exact) mass is 326 g/mol. The van der Waals surface area contributed by atoms with Crippen molar-refractivity contribution in [2.75, 3.05) is 0 Å². The van der Waals surface area contributed by atoms with E-state index in [4.69, 9.17) is 0 Å². The molecular weight excluding hydrogens is 308 g/mol. The van der Waals surface area contributed by atoms with E-state index in [0.29, 0.717) is 0 Å². The number of carbonyl (C=O) groups is 1. The quantitative estimate of drug-likeness (QED) is 0.519. The Morgan fingerprint density at radius 1 is 0.818 bits per heavy atom. The first-order valence-electron chi connectivity index (χ1n) is 7.52. The van der Waals surface area contributed by atoms with Crippen molar-refractivity contribution < 1.29 is 4.79 Å². The molecule has 0 saturated carbocycles. The van der Waals surface area contributed by atoms with E-state index < -0.39 is 0 Å². The van der Waals surface area contributed by atoms with Crippen molar-refractivity contribution in [1.82, 2.24) is 0 Å². The lowest BCUT2D eigenvalue weighted by Crippen LogP contribution is -1.87. The van der Waals surface area contributed by atoms with E-state index in [1.54, 1.807) is 22.7 Å². The second kappa shape index (κ2) is 6.59. The standard InChI is InChI=1S/C19H18OS2/c1-3-13-9-14(4-2)11-15(10-13)17-7-8-19(22-17)18-6-5-16(12-20)21-18/h5-12H,3-4H2,1-2H3. The molecule has 0 aliphatic rings. The van der Waals surface area contributed by atoms with Crippen molar-refractivity contribution >= 4 is 29.0 Å². The zero-order valence-corrected chi connectivity index (χ0v) is 14.4. The Bertz CT molecular complexity index is 773. The molecule has 1 aromatic carbocycles. The molecule has 3 aromatic rings. The molecule has 0 aliphatic carbocycles. The molecule has 0 unspecified atom stereocenters. The van der Waals surface area contributed by atoms with Gasteiger partial charge in [0.25, 0.3) is 0 Å². The number of hydrogen-bond acceptors (Lipinski definition) is 3. The lowest BCUT2D eigenvalue weighted by molar-refractivity contribution is 0.112. The zero-order valence-electron chi connectivity index (χ0n) is 12.8. The zero-order chi connectivity index (χ0) is 15.5. The molecule has 1 nitrogen and oxygen atoms in total. The van der Waals surface area contributed by atoms with Crippen LogP contribution in [0.15, 0.2) is 42.5 Å². The molecule has 3 rings (SSSR count). The summed E-state index contributed by atoms with van der Waals surface area (Å²) in [7, 11) is 0. The Kier molecular flexibility index (Phi) is 4.55. The smallest absolute Gasteiger partial charge is 0.160 e. The molecule has 0 N–H and O–H groups in total. The summed E-state index contributed by atoms with van der Waals surface area (Å²) in [4.78, 5) is 15.3. The third-order valence-electron chi connectivity index (χ3n) is 3.75. The minimum Gasteiger partial charge on any atom is -0.297 e. The second-order valence-corrected chi connectivity index (χ2v) is 7.43. The van der Waals surface area contributed by atoms with Gasteiger partial charge in [-0.1, -0.05) is 32.0 Å². The SMILES string of the molecule is CCc1cc(CC)cc(-c2ccc(-c3ccc(C=O)s3)s2)c1. The fourth-order valence-corrected chi connectivity index (χ4v) is 4.39. The number of carbonyl (C=O) groups excluding carboxylic acids is 1. The van der Waals surface area contributed by atoms with E-state index >= 15 is 0 Å². The molecule has 0 fully saturated rings. The van der Waals surface area contributed by atoms with Gasteiger partial charge in [0.05, 0.1) is 4.88 Å². The van der Waals surface area contributed by atoms with Crippen molar-refractivity contribution in [3.63, 3.8) is 0 Å². The number of benzene rings is 1. The molecule has 22 heavy (non-hydrogen) atoms. The van der Waals surface area contributed by atoms with E-state index in [1.165, 1.54) is 31.3 Å². The Labute approximate surface area is 139 Å². The van der Waals surface area contributed by atoms with Gasteiger partial charge in [0.1, 0.15) is 0 Å². The molecule has 3 heteroatoms. The lowest BCUT2D eigenvalue weighted by Gasteiger charge is -2.06. The van der Waals surface area contributed by atoms with Crippen molar-refractivity contribution in [3.05, 3.63) is 58.5 Å². The fourth-order valence-electron chi connectivity index (χ4n) is 2.49. The maximum atomic E-state index is 10.8. The fraction of sp³-hybridized carbons (Fsp3) is 0.211. The molecule has 0 aliphatic heterocycles. The van der Waals surface area contributed by atoms with Gasteiger partial charge in [-0.3, -0.25) is 4.79 Å². The molecule has 112 valence electrons. The molecule has 2 aromatic heterocycles. The van der Waals surface area contributed by atoms with Gasteiger partial charge in [0, 0.05) is 14.6 Å². The van der Waals surface area contributed by atoms with Crippen molar-refractivity contribution in [3.8, 4) is 20.2 Å². The highest BCUT2D eigenvalue weighted by molar-refractivity contribution is 7.24. The first kappa shape index (κ1) is 15.2. The van der Waals surface area contributed by atoms with Crippen molar-refractivity contribution in [1.29, 1.82) is 0 Å². The number of aryl methyl sites for hydroxylation is 2. The minimum absolute atomic E-state index is 0.784. The van der Waals surface area contributed by atoms with Crippen molar-refractivity contribution in [2.45, 2.75) is 26.7 Å². The number of thiophene rings is 2. The van der Waals surface area contributed by atoms with Gasteiger partial charge in [-0.2, -0.15) is 0 Å². The van der Waals surface area contributed by atoms with Crippen LogP contribution >= 0.6 is 22.7 Å². The maximum Gasteiger partial charge on any atom is 0.160 e. The average molecular weight is 326 g/mol. The summed E-state index contributed by atoms with van der Waals surface area (Å²) in [6, 6.07) is 15.1. The topological polar surface area (TPSA) is 17.1 Å². The van der Waals surface area contributed by atoms with Crippen LogP contribution in [0.25, 0.3) is 20.2 Å². The molecule has 0 atom stereocenters. The first-order chi connectivity index (χ1) is 10.7. The van der Waals surface area contributed by atoms with Crippen LogP contribution in [0.1, 0.15) is 34.6 Å². The molecule has 0 bridgehead atoms. The van der Waals surface area contributed by atoms with Crippen molar-refractivity contribution in [2.24, 2.45) is 0 Å². The van der Waals surface area contributed by atoms with E-state index in [2.05, 4.69) is 44.2 Å². The normalized spacial score (nSPS) is 10.8. The van der Waals surface area contributed by atoms with Gasteiger partial charge >= 0.3 is 0 Å². The molecular formula is C19H18OS2. The molecule has 0 radical (unpaired) electrons. The number of rotatable bonds is 5. The van der Waals surface area contributed by atoms with Crippen LogP contribution in [0.5, 0.6) is 0 Å². The first-order valence-corrected chi connectivity index (χ1v) is 9.15. The Balaban J connectivity index is 1.98. The summed E-state index contributed by atoms with van der Waals surface area (Å²) >= 11 is 3.35. The highest BCUT2D eigenvalue weighted by Gasteiger charge is 2.09.